The first kappa shape index (κ1) is 20.1. The van der Waals surface area contributed by atoms with Crippen LogP contribution in [0.2, 0.25) is 0 Å². The van der Waals surface area contributed by atoms with E-state index in [4.69, 9.17) is 15.0 Å². The van der Waals surface area contributed by atoms with Crippen LogP contribution < -0.4 is 20.4 Å². The van der Waals surface area contributed by atoms with Crippen LogP contribution >= 0.6 is 12.4 Å². The van der Waals surface area contributed by atoms with Crippen LogP contribution in [-0.2, 0) is 6.61 Å². The van der Waals surface area contributed by atoms with Gasteiger partial charge in [-0.2, -0.15) is 4.73 Å². The molecule has 4 rings (SSSR count). The van der Waals surface area contributed by atoms with Crippen LogP contribution in [0.1, 0.15) is 5.56 Å². The van der Waals surface area contributed by atoms with E-state index in [2.05, 4.69) is 20.3 Å². The van der Waals surface area contributed by atoms with Crippen LogP contribution in [0.15, 0.2) is 67.3 Å². The number of nitrogens with zero attached hydrogens (tertiary/aromatic N) is 4. The summed E-state index contributed by atoms with van der Waals surface area (Å²) in [7, 11) is 1.62. The molecule has 0 unspecified atom stereocenters. The van der Waals surface area contributed by atoms with Crippen molar-refractivity contribution < 1.29 is 9.57 Å². The zero-order chi connectivity index (χ0) is 19.3. The molecule has 8 nitrogen and oxygen atoms in total. The van der Waals surface area contributed by atoms with E-state index in [0.29, 0.717) is 23.5 Å². The van der Waals surface area contributed by atoms with Crippen molar-refractivity contribution in [2.24, 2.45) is 0 Å². The van der Waals surface area contributed by atoms with Gasteiger partial charge in [-0.1, -0.05) is 30.3 Å². The average Bonchev–Trinajstić information content (AvgIpc) is 2.75. The molecule has 148 valence electrons. The zero-order valence-electron chi connectivity index (χ0n) is 15.6. The third-order valence-corrected chi connectivity index (χ3v) is 4.12. The number of benzene rings is 2. The molecule has 2 N–H and O–H groups in total. The van der Waals surface area contributed by atoms with Gasteiger partial charge >= 0.3 is 0 Å². The number of methoxy groups -OCH3 is 1. The molecule has 0 fully saturated rings. The van der Waals surface area contributed by atoms with Gasteiger partial charge < -0.3 is 14.9 Å². The van der Waals surface area contributed by atoms with E-state index in [1.54, 1.807) is 7.11 Å². The van der Waals surface area contributed by atoms with Crippen LogP contribution in [0.3, 0.4) is 0 Å². The Morgan fingerprint density at radius 1 is 0.966 bits per heavy atom. The first-order chi connectivity index (χ1) is 13.7. The van der Waals surface area contributed by atoms with E-state index in [1.807, 2.05) is 54.6 Å². The minimum absolute atomic E-state index is 0. The molecule has 4 aromatic rings. The number of anilines is 2. The average molecular weight is 411 g/mol. The Hall–Kier alpha value is -3.65. The summed E-state index contributed by atoms with van der Waals surface area (Å²) in [5.41, 5.74) is 2.80. The molecule has 0 spiro atoms. The number of aromatic nitrogens is 4. The van der Waals surface area contributed by atoms with Gasteiger partial charge in [0.15, 0.2) is 11.3 Å². The van der Waals surface area contributed by atoms with Crippen LogP contribution in [0.25, 0.3) is 11.0 Å². The molecule has 2 heterocycles. The predicted molar refractivity (Wildman–Crippen MR) is 111 cm³/mol. The highest BCUT2D eigenvalue weighted by molar-refractivity contribution is 5.86. The molecule has 0 saturated heterocycles. The zero-order valence-corrected chi connectivity index (χ0v) is 16.4. The summed E-state index contributed by atoms with van der Waals surface area (Å²) < 4.78 is 6.47. The Morgan fingerprint density at radius 2 is 1.72 bits per heavy atom. The summed E-state index contributed by atoms with van der Waals surface area (Å²) in [5.74, 6) is 1.28. The van der Waals surface area contributed by atoms with Crippen molar-refractivity contribution in [1.29, 1.82) is 5.41 Å². The van der Waals surface area contributed by atoms with Crippen molar-refractivity contribution in [3.8, 4) is 5.75 Å². The minimum atomic E-state index is 0. The summed E-state index contributed by atoms with van der Waals surface area (Å²) in [6, 6.07) is 17.2. The summed E-state index contributed by atoms with van der Waals surface area (Å²) >= 11 is 0. The largest absolute Gasteiger partial charge is 0.497 e. The van der Waals surface area contributed by atoms with Crippen molar-refractivity contribution >= 4 is 34.9 Å². The summed E-state index contributed by atoms with van der Waals surface area (Å²) in [4.78, 5) is 18.5. The van der Waals surface area contributed by atoms with Crippen LogP contribution in [-0.4, -0.2) is 26.8 Å². The Bertz CT molecular complexity index is 1150. The maximum absolute atomic E-state index is 8.40. The van der Waals surface area contributed by atoms with Gasteiger partial charge in [-0.3, -0.25) is 5.41 Å². The monoisotopic (exact) mass is 410 g/mol. The molecular weight excluding hydrogens is 392 g/mol. The fourth-order valence-electron chi connectivity index (χ4n) is 2.67. The van der Waals surface area contributed by atoms with E-state index in [-0.39, 0.29) is 17.9 Å². The molecule has 0 bridgehead atoms. The Morgan fingerprint density at radius 3 is 2.45 bits per heavy atom. The van der Waals surface area contributed by atoms with Gasteiger partial charge in [0.25, 0.3) is 0 Å². The fourth-order valence-corrected chi connectivity index (χ4v) is 2.67. The molecule has 9 heteroatoms. The van der Waals surface area contributed by atoms with Crippen molar-refractivity contribution in [3.05, 3.63) is 78.3 Å². The molecule has 0 amide bonds. The second-order valence-electron chi connectivity index (χ2n) is 5.95. The van der Waals surface area contributed by atoms with Gasteiger partial charge in [-0.15, -0.1) is 12.4 Å². The quantitative estimate of drug-likeness (QED) is 0.507. The molecule has 0 saturated carbocycles. The van der Waals surface area contributed by atoms with Crippen LogP contribution in [0, 0.1) is 5.41 Å². The third kappa shape index (κ3) is 4.44. The number of hydrogen-bond acceptors (Lipinski definition) is 7. The number of rotatable bonds is 6. The number of halogens is 1. The fraction of sp³-hybridized carbons (Fsp3) is 0.100. The minimum Gasteiger partial charge on any atom is -0.497 e. The van der Waals surface area contributed by atoms with Crippen LogP contribution in [0.5, 0.6) is 5.75 Å². The summed E-state index contributed by atoms with van der Waals surface area (Å²) in [6.45, 7) is 0.326. The molecule has 0 aliphatic carbocycles. The van der Waals surface area contributed by atoms with Crippen LogP contribution in [0.4, 0.5) is 11.5 Å². The van der Waals surface area contributed by atoms with Crippen molar-refractivity contribution in [3.63, 3.8) is 0 Å². The molecule has 0 aliphatic rings. The molecule has 2 aromatic heterocycles. The topological polar surface area (TPSA) is 97.9 Å². The van der Waals surface area contributed by atoms with E-state index < -0.39 is 0 Å². The molecular formula is C20H19ClN6O2. The van der Waals surface area contributed by atoms with Gasteiger partial charge in [0, 0.05) is 5.69 Å². The maximum atomic E-state index is 8.40. The highest BCUT2D eigenvalue weighted by atomic mass is 35.5. The van der Waals surface area contributed by atoms with Gasteiger partial charge in [0.2, 0.25) is 0 Å². The number of ether oxygens (including phenoxy) is 1. The lowest BCUT2D eigenvalue weighted by Crippen LogP contribution is -2.28. The maximum Gasteiger partial charge on any atom is 0.191 e. The standard InChI is InChI=1S/C20H18N6O2.ClH/c1-27-16-9-7-15(8-10-16)25-20-18-17(22-12-23-20)19(21)26(13-24-18)28-11-14-5-3-2-4-6-14;/h2-10,12-13,21H,11H2,1H3,(H,22,23,25);1H. The smallest absolute Gasteiger partial charge is 0.191 e. The van der Waals surface area contributed by atoms with E-state index >= 15 is 0 Å². The molecule has 2 aromatic carbocycles. The Kier molecular flexibility index (Phi) is 6.25. The predicted octanol–water partition coefficient (Wildman–Crippen LogP) is 3.11. The molecule has 0 atom stereocenters. The lowest BCUT2D eigenvalue weighted by atomic mass is 10.2. The Balaban J connectivity index is 0.00000240. The Labute approximate surface area is 173 Å². The van der Waals surface area contributed by atoms with E-state index in [1.165, 1.54) is 17.4 Å². The second-order valence-corrected chi connectivity index (χ2v) is 5.95. The molecule has 0 aliphatic heterocycles. The summed E-state index contributed by atoms with van der Waals surface area (Å²) in [6.07, 6.45) is 2.85. The van der Waals surface area contributed by atoms with E-state index in [0.717, 1.165) is 17.0 Å². The van der Waals surface area contributed by atoms with Crippen molar-refractivity contribution in [2.45, 2.75) is 6.61 Å². The van der Waals surface area contributed by atoms with E-state index in [9.17, 15) is 0 Å². The molecule has 0 radical (unpaired) electrons. The SMILES string of the molecule is COc1ccc(Nc2ncnc3c(=N)n(OCc4ccccc4)cnc23)cc1.Cl. The number of nitrogens with one attached hydrogen (secondary N) is 2. The van der Waals surface area contributed by atoms with Gasteiger partial charge in [-0.05, 0) is 29.8 Å². The highest BCUT2D eigenvalue weighted by Crippen LogP contribution is 2.21. The van der Waals surface area contributed by atoms with Gasteiger partial charge in [0.05, 0.1) is 7.11 Å². The number of hydrogen-bond donors (Lipinski definition) is 2. The first-order valence-corrected chi connectivity index (χ1v) is 8.60. The normalized spacial score (nSPS) is 10.2. The lowest BCUT2D eigenvalue weighted by Gasteiger charge is -2.12. The van der Waals surface area contributed by atoms with Crippen molar-refractivity contribution in [1.82, 2.24) is 19.7 Å². The lowest BCUT2D eigenvalue weighted by molar-refractivity contribution is 0.0850. The van der Waals surface area contributed by atoms with Gasteiger partial charge in [0.1, 0.15) is 36.0 Å². The highest BCUT2D eigenvalue weighted by Gasteiger charge is 2.10. The van der Waals surface area contributed by atoms with Gasteiger partial charge in [-0.25, -0.2) is 15.0 Å². The summed E-state index contributed by atoms with van der Waals surface area (Å²) in [5, 5.41) is 11.6. The second kappa shape index (κ2) is 9.03. The van der Waals surface area contributed by atoms with Crippen molar-refractivity contribution in [2.75, 3.05) is 12.4 Å². The number of fused-ring (bicyclic) bond motifs is 1. The third-order valence-electron chi connectivity index (χ3n) is 4.12. The molecule has 29 heavy (non-hydrogen) atoms. The first-order valence-electron chi connectivity index (χ1n) is 8.60.